The van der Waals surface area contributed by atoms with Crippen LogP contribution in [0.4, 0.5) is 4.39 Å². The fourth-order valence-electron chi connectivity index (χ4n) is 1.13. The van der Waals surface area contributed by atoms with Crippen LogP contribution >= 0.6 is 0 Å². The van der Waals surface area contributed by atoms with Crippen LogP contribution in [0.25, 0.3) is 0 Å². The highest BCUT2D eigenvalue weighted by Crippen LogP contribution is 2.08. The average Bonchev–Trinajstić information content (AvgIpc) is 2.26. The highest BCUT2D eigenvalue weighted by atomic mass is 19.1. The molecule has 5 heteroatoms. The van der Waals surface area contributed by atoms with Crippen LogP contribution in [0.1, 0.15) is 18.7 Å². The third-order valence-electron chi connectivity index (χ3n) is 2.06. The van der Waals surface area contributed by atoms with Crippen molar-refractivity contribution in [3.63, 3.8) is 0 Å². The van der Waals surface area contributed by atoms with Crippen molar-refractivity contribution < 1.29 is 14.6 Å². The standard InChI is InChI=1S/C10H15FN2O2/c1-7(12-5-9(15)6-14)10-3-2-8(11)4-13-10/h2-4,7,9,12,14-15H,5-6H2,1H3. The molecule has 0 amide bonds. The number of hydrogen-bond donors (Lipinski definition) is 3. The first-order chi connectivity index (χ1) is 7.13. The minimum atomic E-state index is -0.784. The number of rotatable bonds is 5. The zero-order chi connectivity index (χ0) is 11.3. The van der Waals surface area contributed by atoms with Gasteiger partial charge in [0.2, 0.25) is 0 Å². The third-order valence-corrected chi connectivity index (χ3v) is 2.06. The zero-order valence-electron chi connectivity index (χ0n) is 8.52. The minimum Gasteiger partial charge on any atom is -0.394 e. The van der Waals surface area contributed by atoms with E-state index in [1.54, 1.807) is 6.07 Å². The van der Waals surface area contributed by atoms with E-state index in [0.717, 1.165) is 6.20 Å². The Hall–Kier alpha value is -1.04. The normalized spacial score (nSPS) is 14.9. The van der Waals surface area contributed by atoms with Gasteiger partial charge in [0.25, 0.3) is 0 Å². The summed E-state index contributed by atoms with van der Waals surface area (Å²) in [7, 11) is 0. The molecule has 2 atom stereocenters. The number of pyridine rings is 1. The number of nitrogens with zero attached hydrogens (tertiary/aromatic N) is 1. The topological polar surface area (TPSA) is 65.4 Å². The molecular formula is C10H15FN2O2. The van der Waals surface area contributed by atoms with Gasteiger partial charge in [0.15, 0.2) is 0 Å². The molecule has 3 N–H and O–H groups in total. The van der Waals surface area contributed by atoms with Gasteiger partial charge in [-0.15, -0.1) is 0 Å². The quantitative estimate of drug-likeness (QED) is 0.656. The van der Waals surface area contributed by atoms with Crippen molar-refractivity contribution in [2.24, 2.45) is 0 Å². The van der Waals surface area contributed by atoms with Crippen LogP contribution in [-0.4, -0.2) is 34.5 Å². The molecule has 4 nitrogen and oxygen atoms in total. The van der Waals surface area contributed by atoms with E-state index in [1.165, 1.54) is 6.07 Å². The Morgan fingerprint density at radius 1 is 1.53 bits per heavy atom. The number of halogens is 1. The SMILES string of the molecule is CC(NCC(O)CO)c1ccc(F)cn1. The van der Waals surface area contributed by atoms with Gasteiger partial charge in [0, 0.05) is 12.6 Å². The van der Waals surface area contributed by atoms with Crippen LogP contribution in [0.3, 0.4) is 0 Å². The van der Waals surface area contributed by atoms with Gasteiger partial charge in [-0.25, -0.2) is 4.39 Å². The predicted molar refractivity (Wildman–Crippen MR) is 53.7 cm³/mol. The van der Waals surface area contributed by atoms with Gasteiger partial charge >= 0.3 is 0 Å². The summed E-state index contributed by atoms with van der Waals surface area (Å²) >= 11 is 0. The molecule has 0 spiro atoms. The Kier molecular flexibility index (Phi) is 4.61. The molecule has 1 aromatic rings. The fraction of sp³-hybridized carbons (Fsp3) is 0.500. The summed E-state index contributed by atoms with van der Waals surface area (Å²) in [5.41, 5.74) is 0.696. The number of hydrogen-bond acceptors (Lipinski definition) is 4. The lowest BCUT2D eigenvalue weighted by molar-refractivity contribution is 0.0922. The van der Waals surface area contributed by atoms with Gasteiger partial charge in [-0.1, -0.05) is 0 Å². The van der Waals surface area contributed by atoms with Gasteiger partial charge in [0.1, 0.15) is 5.82 Å². The Bertz CT molecular complexity index is 292. The molecule has 84 valence electrons. The molecule has 1 rings (SSSR count). The monoisotopic (exact) mass is 214 g/mol. The number of aliphatic hydroxyl groups is 2. The highest BCUT2D eigenvalue weighted by Gasteiger charge is 2.08. The van der Waals surface area contributed by atoms with Crippen molar-refractivity contribution in [2.75, 3.05) is 13.2 Å². The van der Waals surface area contributed by atoms with Crippen LogP contribution in [0, 0.1) is 5.82 Å². The van der Waals surface area contributed by atoms with Gasteiger partial charge in [-0.3, -0.25) is 4.98 Å². The fourth-order valence-corrected chi connectivity index (χ4v) is 1.13. The van der Waals surface area contributed by atoms with Gasteiger partial charge in [0.05, 0.1) is 24.6 Å². The van der Waals surface area contributed by atoms with Crippen molar-refractivity contribution >= 4 is 0 Å². The summed E-state index contributed by atoms with van der Waals surface area (Å²) in [6.07, 6.45) is 0.364. The molecule has 0 aliphatic rings. The molecule has 0 fully saturated rings. The Labute approximate surface area is 87.8 Å². The van der Waals surface area contributed by atoms with Crippen molar-refractivity contribution in [1.82, 2.24) is 10.3 Å². The first kappa shape index (κ1) is 12.0. The maximum absolute atomic E-state index is 12.6. The Morgan fingerprint density at radius 3 is 2.80 bits per heavy atom. The van der Waals surface area contributed by atoms with Crippen LogP contribution in [0.2, 0.25) is 0 Å². The van der Waals surface area contributed by atoms with Gasteiger partial charge < -0.3 is 15.5 Å². The van der Waals surface area contributed by atoms with E-state index in [9.17, 15) is 4.39 Å². The molecule has 0 bridgehead atoms. The first-order valence-electron chi connectivity index (χ1n) is 4.77. The molecule has 0 radical (unpaired) electrons. The maximum Gasteiger partial charge on any atom is 0.141 e. The van der Waals surface area contributed by atoms with E-state index in [-0.39, 0.29) is 25.0 Å². The molecule has 2 unspecified atom stereocenters. The van der Waals surface area contributed by atoms with Crippen LogP contribution in [0.15, 0.2) is 18.3 Å². The van der Waals surface area contributed by atoms with Crippen molar-refractivity contribution in [2.45, 2.75) is 19.1 Å². The summed E-state index contributed by atoms with van der Waals surface area (Å²) in [6, 6.07) is 2.83. The number of aromatic nitrogens is 1. The van der Waals surface area contributed by atoms with Gasteiger partial charge in [-0.05, 0) is 19.1 Å². The van der Waals surface area contributed by atoms with Crippen molar-refractivity contribution in [1.29, 1.82) is 0 Å². The molecule has 0 aromatic carbocycles. The second-order valence-electron chi connectivity index (χ2n) is 3.37. The van der Waals surface area contributed by atoms with E-state index in [2.05, 4.69) is 10.3 Å². The number of nitrogens with one attached hydrogen (secondary N) is 1. The van der Waals surface area contributed by atoms with Crippen LogP contribution in [0.5, 0.6) is 0 Å². The summed E-state index contributed by atoms with van der Waals surface area (Å²) < 4.78 is 12.6. The van der Waals surface area contributed by atoms with E-state index in [0.29, 0.717) is 5.69 Å². The molecule has 0 saturated heterocycles. The summed E-state index contributed by atoms with van der Waals surface area (Å²) in [4.78, 5) is 3.90. The second kappa shape index (κ2) is 5.75. The lowest BCUT2D eigenvalue weighted by atomic mass is 10.2. The Morgan fingerprint density at radius 2 is 2.27 bits per heavy atom. The smallest absolute Gasteiger partial charge is 0.141 e. The highest BCUT2D eigenvalue weighted by molar-refractivity contribution is 5.08. The lowest BCUT2D eigenvalue weighted by Crippen LogP contribution is -2.31. The second-order valence-corrected chi connectivity index (χ2v) is 3.37. The third kappa shape index (κ3) is 3.91. The van der Waals surface area contributed by atoms with Crippen LogP contribution < -0.4 is 5.32 Å². The van der Waals surface area contributed by atoms with E-state index in [1.807, 2.05) is 6.92 Å². The average molecular weight is 214 g/mol. The van der Waals surface area contributed by atoms with Crippen molar-refractivity contribution in [3.8, 4) is 0 Å². The summed E-state index contributed by atoms with van der Waals surface area (Å²) in [5.74, 6) is -0.374. The first-order valence-corrected chi connectivity index (χ1v) is 4.77. The number of aliphatic hydroxyl groups excluding tert-OH is 2. The Balaban J connectivity index is 2.46. The molecular weight excluding hydrogens is 199 g/mol. The largest absolute Gasteiger partial charge is 0.394 e. The van der Waals surface area contributed by atoms with E-state index in [4.69, 9.17) is 10.2 Å². The molecule has 0 saturated carbocycles. The molecule has 1 heterocycles. The summed E-state index contributed by atoms with van der Waals surface area (Å²) in [6.45, 7) is 1.84. The van der Waals surface area contributed by atoms with E-state index < -0.39 is 6.10 Å². The summed E-state index contributed by atoms with van der Waals surface area (Å²) in [5, 5.41) is 20.7. The van der Waals surface area contributed by atoms with E-state index >= 15 is 0 Å². The van der Waals surface area contributed by atoms with Crippen LogP contribution in [-0.2, 0) is 0 Å². The molecule has 1 aromatic heterocycles. The molecule has 15 heavy (non-hydrogen) atoms. The van der Waals surface area contributed by atoms with Gasteiger partial charge in [-0.2, -0.15) is 0 Å². The molecule has 0 aliphatic heterocycles. The lowest BCUT2D eigenvalue weighted by Gasteiger charge is -2.15. The van der Waals surface area contributed by atoms with Crippen molar-refractivity contribution in [3.05, 3.63) is 29.8 Å². The predicted octanol–water partition coefficient (Wildman–Crippen LogP) is 0.225. The zero-order valence-corrected chi connectivity index (χ0v) is 8.52. The molecule has 0 aliphatic carbocycles. The maximum atomic E-state index is 12.6. The minimum absolute atomic E-state index is 0.0909.